The summed E-state index contributed by atoms with van der Waals surface area (Å²) in [7, 11) is 1.90. The molecule has 1 aromatic rings. The topological polar surface area (TPSA) is 21.3 Å². The van der Waals surface area contributed by atoms with E-state index < -0.39 is 0 Å². The van der Waals surface area contributed by atoms with E-state index in [1.165, 1.54) is 11.1 Å². The van der Waals surface area contributed by atoms with Gasteiger partial charge in [0, 0.05) is 5.56 Å². The van der Waals surface area contributed by atoms with Crippen LogP contribution in [0.15, 0.2) is 18.2 Å². The van der Waals surface area contributed by atoms with Gasteiger partial charge >= 0.3 is 0 Å². The van der Waals surface area contributed by atoms with Crippen LogP contribution >= 0.6 is 0 Å². The summed E-state index contributed by atoms with van der Waals surface area (Å²) in [6.07, 6.45) is 2.23. The Labute approximate surface area is 132 Å². The van der Waals surface area contributed by atoms with Gasteiger partial charge in [0.15, 0.2) is 0 Å². The van der Waals surface area contributed by atoms with Crippen LogP contribution in [0.3, 0.4) is 0 Å². The molecule has 2 nitrogen and oxygen atoms in total. The molecular formula is C19H35NO. The van der Waals surface area contributed by atoms with Gasteiger partial charge in [0.05, 0.1) is 0 Å². The minimum atomic E-state index is 0. The van der Waals surface area contributed by atoms with Crippen LogP contribution in [0.25, 0.3) is 0 Å². The van der Waals surface area contributed by atoms with Crippen LogP contribution in [0.4, 0.5) is 0 Å². The molecule has 0 saturated carbocycles. The van der Waals surface area contributed by atoms with E-state index in [2.05, 4.69) is 65.1 Å². The van der Waals surface area contributed by atoms with E-state index in [9.17, 15) is 0 Å². The molecule has 0 saturated heterocycles. The maximum absolute atomic E-state index is 5.86. The Hall–Kier alpha value is -1.02. The van der Waals surface area contributed by atoms with Crippen molar-refractivity contribution in [2.75, 3.05) is 13.8 Å². The lowest BCUT2D eigenvalue weighted by Gasteiger charge is -2.30. The minimum absolute atomic E-state index is 0. The van der Waals surface area contributed by atoms with Gasteiger partial charge in [0.1, 0.15) is 12.5 Å². The molecule has 2 heteroatoms. The Bertz CT molecular complexity index is 435. The number of hydrogen-bond donors (Lipinski definition) is 1. The highest BCUT2D eigenvalue weighted by Crippen LogP contribution is 2.38. The van der Waals surface area contributed by atoms with Gasteiger partial charge in [-0.25, -0.2) is 0 Å². The first-order valence-corrected chi connectivity index (χ1v) is 7.71. The minimum Gasteiger partial charge on any atom is -0.478 e. The van der Waals surface area contributed by atoms with Crippen LogP contribution in [-0.4, -0.2) is 13.8 Å². The quantitative estimate of drug-likeness (QED) is 0.693. The molecule has 0 heterocycles. The fourth-order valence-electron chi connectivity index (χ4n) is 2.15. The molecule has 0 radical (unpaired) electrons. The third kappa shape index (κ3) is 4.74. The molecule has 0 fully saturated rings. The third-order valence-electron chi connectivity index (χ3n) is 4.63. The molecule has 1 rings (SSSR count). The summed E-state index contributed by atoms with van der Waals surface area (Å²) in [5.74, 6) is 1.00. The predicted molar refractivity (Wildman–Crippen MR) is 94.4 cm³/mol. The predicted octanol–water partition coefficient (Wildman–Crippen LogP) is 5.25. The van der Waals surface area contributed by atoms with Crippen molar-refractivity contribution in [1.82, 2.24) is 5.32 Å². The van der Waals surface area contributed by atoms with Gasteiger partial charge in [-0.3, -0.25) is 5.32 Å². The molecule has 21 heavy (non-hydrogen) atoms. The molecule has 0 spiro atoms. The van der Waals surface area contributed by atoms with E-state index in [1.807, 2.05) is 7.05 Å². The van der Waals surface area contributed by atoms with E-state index in [0.29, 0.717) is 6.73 Å². The fourth-order valence-corrected chi connectivity index (χ4v) is 2.15. The summed E-state index contributed by atoms with van der Waals surface area (Å²) >= 11 is 0. The molecule has 0 aromatic heterocycles. The Morgan fingerprint density at radius 2 is 1.57 bits per heavy atom. The Balaban J connectivity index is 0.00000400. The largest absolute Gasteiger partial charge is 0.478 e. The van der Waals surface area contributed by atoms with Crippen molar-refractivity contribution in [3.05, 3.63) is 29.3 Å². The highest BCUT2D eigenvalue weighted by atomic mass is 16.5. The van der Waals surface area contributed by atoms with Crippen molar-refractivity contribution >= 4 is 0 Å². The summed E-state index contributed by atoms with van der Waals surface area (Å²) in [4.78, 5) is 0. The van der Waals surface area contributed by atoms with Crippen molar-refractivity contribution in [3.8, 4) is 5.75 Å². The van der Waals surface area contributed by atoms with Gasteiger partial charge in [-0.05, 0) is 42.3 Å². The molecule has 0 atom stereocenters. The maximum atomic E-state index is 5.86. The monoisotopic (exact) mass is 293 g/mol. The molecule has 0 bridgehead atoms. The van der Waals surface area contributed by atoms with E-state index in [4.69, 9.17) is 4.74 Å². The van der Waals surface area contributed by atoms with Gasteiger partial charge in [-0.2, -0.15) is 0 Å². The highest BCUT2D eigenvalue weighted by molar-refractivity contribution is 5.44. The zero-order chi connectivity index (χ0) is 15.4. The van der Waals surface area contributed by atoms with Gasteiger partial charge in [0.25, 0.3) is 0 Å². The number of ether oxygens (including phenoxy) is 1. The van der Waals surface area contributed by atoms with Crippen LogP contribution in [0, 0.1) is 0 Å². The number of rotatable bonds is 7. The van der Waals surface area contributed by atoms with Crippen LogP contribution < -0.4 is 10.1 Å². The summed E-state index contributed by atoms with van der Waals surface area (Å²) in [5, 5.41) is 3.05. The SMILES string of the molecule is C.CCC(C)(C)c1ccc(OCNC)c(C(C)(C)CC)c1. The first-order chi connectivity index (χ1) is 9.28. The van der Waals surface area contributed by atoms with Gasteiger partial charge in [-0.15, -0.1) is 0 Å². The van der Waals surface area contributed by atoms with E-state index in [0.717, 1.165) is 18.6 Å². The average molecular weight is 293 g/mol. The average Bonchev–Trinajstić information content (AvgIpc) is 2.44. The van der Waals surface area contributed by atoms with E-state index >= 15 is 0 Å². The zero-order valence-electron chi connectivity index (χ0n) is 14.3. The maximum Gasteiger partial charge on any atom is 0.139 e. The van der Waals surface area contributed by atoms with Crippen LogP contribution in [0.1, 0.15) is 72.9 Å². The number of nitrogens with one attached hydrogen (secondary N) is 1. The molecule has 0 unspecified atom stereocenters. The van der Waals surface area contributed by atoms with Crippen molar-refractivity contribution in [2.45, 2.75) is 72.6 Å². The standard InChI is InChI=1S/C18H31NO.CH4/c1-8-17(3,4)14-10-11-16(20-13-19-7)15(12-14)18(5,6)9-2;/h10-12,19H,8-9,13H2,1-7H3;1H4. The normalized spacial score (nSPS) is 12.0. The Morgan fingerprint density at radius 3 is 2.05 bits per heavy atom. The lowest BCUT2D eigenvalue weighted by molar-refractivity contribution is 0.286. The zero-order valence-corrected chi connectivity index (χ0v) is 14.3. The molecule has 0 aliphatic rings. The van der Waals surface area contributed by atoms with Crippen LogP contribution in [0.5, 0.6) is 5.75 Å². The molecule has 122 valence electrons. The van der Waals surface area contributed by atoms with Crippen molar-refractivity contribution in [1.29, 1.82) is 0 Å². The summed E-state index contributed by atoms with van der Waals surface area (Å²) in [5.41, 5.74) is 3.05. The molecule has 0 amide bonds. The summed E-state index contributed by atoms with van der Waals surface area (Å²) < 4.78 is 5.86. The first-order valence-electron chi connectivity index (χ1n) is 7.71. The van der Waals surface area contributed by atoms with E-state index in [1.54, 1.807) is 0 Å². The molecule has 0 aliphatic carbocycles. The van der Waals surface area contributed by atoms with Crippen molar-refractivity contribution < 1.29 is 4.74 Å². The van der Waals surface area contributed by atoms with Gasteiger partial charge in [0.2, 0.25) is 0 Å². The molecule has 1 N–H and O–H groups in total. The first kappa shape index (κ1) is 20.0. The molecule has 1 aromatic carbocycles. The van der Waals surface area contributed by atoms with Crippen LogP contribution in [-0.2, 0) is 10.8 Å². The van der Waals surface area contributed by atoms with Crippen molar-refractivity contribution in [3.63, 3.8) is 0 Å². The number of hydrogen-bond acceptors (Lipinski definition) is 2. The Kier molecular flexibility index (Phi) is 7.46. The second kappa shape index (κ2) is 7.84. The number of benzene rings is 1. The summed E-state index contributed by atoms with van der Waals surface area (Å²) in [6.45, 7) is 14.2. The van der Waals surface area contributed by atoms with Crippen molar-refractivity contribution in [2.24, 2.45) is 0 Å². The second-order valence-electron chi connectivity index (χ2n) is 6.83. The molecule has 0 aliphatic heterocycles. The smallest absolute Gasteiger partial charge is 0.139 e. The lowest BCUT2D eigenvalue weighted by atomic mass is 9.76. The summed E-state index contributed by atoms with van der Waals surface area (Å²) in [6, 6.07) is 6.69. The van der Waals surface area contributed by atoms with Crippen LogP contribution in [0.2, 0.25) is 0 Å². The third-order valence-corrected chi connectivity index (χ3v) is 4.63. The lowest BCUT2D eigenvalue weighted by Crippen LogP contribution is -2.22. The highest BCUT2D eigenvalue weighted by Gasteiger charge is 2.26. The van der Waals surface area contributed by atoms with Gasteiger partial charge < -0.3 is 4.74 Å². The second-order valence-corrected chi connectivity index (χ2v) is 6.83. The van der Waals surface area contributed by atoms with Gasteiger partial charge in [-0.1, -0.05) is 61.1 Å². The molecular weight excluding hydrogens is 258 g/mol. The fraction of sp³-hybridized carbons (Fsp3) is 0.684. The Morgan fingerprint density at radius 1 is 1.00 bits per heavy atom. The van der Waals surface area contributed by atoms with E-state index in [-0.39, 0.29) is 18.3 Å².